The van der Waals surface area contributed by atoms with Gasteiger partial charge in [0.15, 0.2) is 0 Å². The Bertz CT molecular complexity index is 1420. The number of esters is 1. The smallest absolute Gasteiger partial charge is 0.325 e. The molecule has 3 N–H and O–H groups in total. The normalized spacial score (nSPS) is 15.4. The van der Waals surface area contributed by atoms with E-state index in [2.05, 4.69) is 29.1 Å². The maximum Gasteiger partial charge on any atom is 0.325 e. The van der Waals surface area contributed by atoms with Crippen LogP contribution in [-0.4, -0.2) is 120 Å². The fraction of sp³-hybridized carbons (Fsp3) is 0.553. The van der Waals surface area contributed by atoms with Crippen molar-refractivity contribution >= 4 is 41.4 Å². The average molecular weight is 725 g/mol. The summed E-state index contributed by atoms with van der Waals surface area (Å²) in [6.07, 6.45) is 5.53. The summed E-state index contributed by atoms with van der Waals surface area (Å²) >= 11 is 0. The standard InChI is InChI=1S/C38H56N6O8/c1-8-10-19-42(28(6)45)24-33(46)40-30(22-26(3)4)38(51)44-21-15-18-32(44)36(49)39-27(5)35(48)41-31(23-29-16-13-12-14-17-29)37(50)43(20-11-9-2)25-34(47)52-7/h8-9,12-14,16-17,26-27,30-32H,1-2,10-11,15,18-25H2,3-7H3,(H,39,49)(H,40,46)(H,41,48)/t27-,30-,31-,32-/m0/s1. The summed E-state index contributed by atoms with van der Waals surface area (Å²) in [4.78, 5) is 96.0. The SMILES string of the molecule is C=CCCN(CC(=O)N[C@@H](CC(C)C)C(=O)N1CCC[C@H]1C(=O)N[C@@H](C)C(=O)N[C@@H](Cc1ccccc1)C(=O)N(CCC=C)CC(=O)OC)C(C)=O. The van der Waals surface area contributed by atoms with Crippen LogP contribution in [0.2, 0.25) is 0 Å². The summed E-state index contributed by atoms with van der Waals surface area (Å²) < 4.78 is 4.78. The number of likely N-dealkylation sites (tertiary alicyclic amines) is 1. The number of benzene rings is 1. The molecular formula is C38H56N6O8. The Morgan fingerprint density at radius 2 is 1.54 bits per heavy atom. The molecular weight excluding hydrogens is 668 g/mol. The highest BCUT2D eigenvalue weighted by atomic mass is 16.5. The van der Waals surface area contributed by atoms with Crippen LogP contribution in [0.5, 0.6) is 0 Å². The van der Waals surface area contributed by atoms with Gasteiger partial charge in [0.2, 0.25) is 35.4 Å². The van der Waals surface area contributed by atoms with Crippen LogP contribution in [0.25, 0.3) is 0 Å². The molecule has 1 saturated heterocycles. The molecule has 1 heterocycles. The lowest BCUT2D eigenvalue weighted by Gasteiger charge is -2.31. The molecule has 1 aliphatic heterocycles. The Morgan fingerprint density at radius 1 is 0.904 bits per heavy atom. The maximum atomic E-state index is 13.9. The van der Waals surface area contributed by atoms with Gasteiger partial charge in [0.05, 0.1) is 13.7 Å². The molecule has 0 aromatic heterocycles. The molecule has 0 bridgehead atoms. The van der Waals surface area contributed by atoms with Crippen LogP contribution in [0.4, 0.5) is 0 Å². The van der Waals surface area contributed by atoms with Gasteiger partial charge in [0.1, 0.15) is 30.7 Å². The topological polar surface area (TPSA) is 175 Å². The lowest BCUT2D eigenvalue weighted by molar-refractivity contribution is -0.148. The van der Waals surface area contributed by atoms with E-state index in [0.29, 0.717) is 38.6 Å². The van der Waals surface area contributed by atoms with Crippen molar-refractivity contribution in [2.24, 2.45) is 5.92 Å². The molecule has 1 aliphatic rings. The average Bonchev–Trinajstić information content (AvgIpc) is 3.61. The van der Waals surface area contributed by atoms with Gasteiger partial charge in [0.25, 0.3) is 0 Å². The molecule has 2 rings (SSSR count). The first-order valence-corrected chi connectivity index (χ1v) is 17.8. The van der Waals surface area contributed by atoms with Gasteiger partial charge in [0, 0.05) is 33.0 Å². The van der Waals surface area contributed by atoms with Crippen LogP contribution < -0.4 is 16.0 Å². The van der Waals surface area contributed by atoms with Gasteiger partial charge in [-0.2, -0.15) is 0 Å². The molecule has 1 aromatic rings. The highest BCUT2D eigenvalue weighted by Gasteiger charge is 2.39. The summed E-state index contributed by atoms with van der Waals surface area (Å²) in [5.41, 5.74) is 0.772. The van der Waals surface area contributed by atoms with Gasteiger partial charge in [-0.1, -0.05) is 56.3 Å². The number of carbonyl (C=O) groups is 7. The number of amides is 6. The second-order valence-electron chi connectivity index (χ2n) is 13.4. The third-order valence-electron chi connectivity index (χ3n) is 8.67. The number of carbonyl (C=O) groups excluding carboxylic acids is 7. The second kappa shape index (κ2) is 22.0. The van der Waals surface area contributed by atoms with E-state index in [9.17, 15) is 33.6 Å². The van der Waals surface area contributed by atoms with Crippen LogP contribution in [0, 0.1) is 5.92 Å². The molecule has 0 saturated carbocycles. The number of ether oxygens (including phenoxy) is 1. The van der Waals surface area contributed by atoms with Gasteiger partial charge >= 0.3 is 5.97 Å². The number of nitrogens with zero attached hydrogens (tertiary/aromatic N) is 3. The molecule has 1 fully saturated rings. The number of nitrogens with one attached hydrogen (secondary N) is 3. The minimum Gasteiger partial charge on any atom is -0.468 e. The second-order valence-corrected chi connectivity index (χ2v) is 13.4. The molecule has 6 amide bonds. The maximum absolute atomic E-state index is 13.9. The molecule has 0 aliphatic carbocycles. The zero-order valence-corrected chi connectivity index (χ0v) is 31.2. The highest BCUT2D eigenvalue weighted by molar-refractivity contribution is 5.96. The van der Waals surface area contributed by atoms with Crippen molar-refractivity contribution < 1.29 is 38.3 Å². The summed E-state index contributed by atoms with van der Waals surface area (Å²) in [6.45, 7) is 14.3. The first-order chi connectivity index (χ1) is 24.7. The van der Waals surface area contributed by atoms with Gasteiger partial charge in [-0.25, -0.2) is 0 Å². The van der Waals surface area contributed by atoms with E-state index in [-0.39, 0.29) is 44.4 Å². The van der Waals surface area contributed by atoms with Gasteiger partial charge < -0.3 is 35.4 Å². The quantitative estimate of drug-likeness (QED) is 0.127. The summed E-state index contributed by atoms with van der Waals surface area (Å²) in [6, 6.07) is 5.12. The lowest BCUT2D eigenvalue weighted by Crippen LogP contribution is -2.58. The van der Waals surface area contributed by atoms with E-state index in [0.717, 1.165) is 5.56 Å². The van der Waals surface area contributed by atoms with E-state index < -0.39 is 59.7 Å². The molecule has 0 radical (unpaired) electrons. The highest BCUT2D eigenvalue weighted by Crippen LogP contribution is 2.21. The monoisotopic (exact) mass is 724 g/mol. The largest absolute Gasteiger partial charge is 0.468 e. The lowest BCUT2D eigenvalue weighted by atomic mass is 10.0. The molecule has 14 nitrogen and oxygen atoms in total. The summed E-state index contributed by atoms with van der Waals surface area (Å²) in [5, 5.41) is 8.24. The van der Waals surface area contributed by atoms with Gasteiger partial charge in [-0.05, 0) is 50.5 Å². The fourth-order valence-electron chi connectivity index (χ4n) is 5.88. The predicted octanol–water partition coefficient (Wildman–Crippen LogP) is 1.74. The molecule has 0 spiro atoms. The molecule has 4 atom stereocenters. The molecule has 286 valence electrons. The van der Waals surface area contributed by atoms with Crippen molar-refractivity contribution in [3.8, 4) is 0 Å². The Labute approximate surface area is 307 Å². The van der Waals surface area contributed by atoms with E-state index in [1.54, 1.807) is 12.2 Å². The minimum absolute atomic E-state index is 0.0318. The molecule has 52 heavy (non-hydrogen) atoms. The van der Waals surface area contributed by atoms with Crippen LogP contribution in [0.15, 0.2) is 55.6 Å². The Balaban J connectivity index is 2.19. The zero-order valence-electron chi connectivity index (χ0n) is 31.2. The Kier molecular flexibility index (Phi) is 18.3. The van der Waals surface area contributed by atoms with E-state index in [4.69, 9.17) is 4.74 Å². The minimum atomic E-state index is -1.09. The van der Waals surface area contributed by atoms with Gasteiger partial charge in [-0.15, -0.1) is 13.2 Å². The van der Waals surface area contributed by atoms with Gasteiger partial charge in [-0.3, -0.25) is 33.6 Å². The number of rotatable bonds is 21. The van der Waals surface area contributed by atoms with Crippen molar-refractivity contribution in [3.05, 3.63) is 61.2 Å². The van der Waals surface area contributed by atoms with Crippen molar-refractivity contribution in [2.75, 3.05) is 39.8 Å². The van der Waals surface area contributed by atoms with E-state index in [1.807, 2.05) is 44.2 Å². The van der Waals surface area contributed by atoms with E-state index in [1.165, 1.54) is 35.7 Å². The number of methoxy groups -OCH3 is 1. The van der Waals surface area contributed by atoms with Crippen LogP contribution >= 0.6 is 0 Å². The van der Waals surface area contributed by atoms with Crippen LogP contribution in [0.3, 0.4) is 0 Å². The third-order valence-corrected chi connectivity index (χ3v) is 8.67. The number of hydrogen-bond donors (Lipinski definition) is 3. The molecule has 14 heteroatoms. The van der Waals surface area contributed by atoms with E-state index >= 15 is 0 Å². The molecule has 1 aromatic carbocycles. The third kappa shape index (κ3) is 14.0. The van der Waals surface area contributed by atoms with Crippen LogP contribution in [-0.2, 0) is 44.7 Å². The zero-order chi connectivity index (χ0) is 38.8. The van der Waals surface area contributed by atoms with Crippen molar-refractivity contribution in [1.82, 2.24) is 30.7 Å². The summed E-state index contributed by atoms with van der Waals surface area (Å²) in [5.74, 6) is -3.44. The van der Waals surface area contributed by atoms with Crippen LogP contribution in [0.1, 0.15) is 65.4 Å². The van der Waals surface area contributed by atoms with Crippen molar-refractivity contribution in [1.29, 1.82) is 0 Å². The van der Waals surface area contributed by atoms with Crippen molar-refractivity contribution in [2.45, 2.75) is 90.4 Å². The Morgan fingerprint density at radius 3 is 2.12 bits per heavy atom. The summed E-state index contributed by atoms with van der Waals surface area (Å²) in [7, 11) is 1.22. The van der Waals surface area contributed by atoms with Crippen molar-refractivity contribution in [3.63, 3.8) is 0 Å². The fourth-order valence-corrected chi connectivity index (χ4v) is 5.88. The first-order valence-electron chi connectivity index (χ1n) is 17.8. The Hall–Kier alpha value is -5.01. The predicted molar refractivity (Wildman–Crippen MR) is 196 cm³/mol. The first kappa shape index (κ1) is 43.2. The molecule has 0 unspecified atom stereocenters. The number of hydrogen-bond acceptors (Lipinski definition) is 8.